The fourth-order valence-electron chi connectivity index (χ4n) is 3.29. The molecule has 26 heavy (non-hydrogen) atoms. The van der Waals surface area contributed by atoms with E-state index in [0.29, 0.717) is 32.7 Å². The largest absolute Gasteiger partial charge is 0.508 e. The number of rotatable bonds is 3. The van der Waals surface area contributed by atoms with Crippen molar-refractivity contribution in [3.05, 3.63) is 64.3 Å². The number of carbonyl (C=O) groups is 2. The standard InChI is InChI=1S/C20H18ClNO4/c1-11-17(20(2,3)19(25)26)15-10-14(23)8-9-16(15)22(11)18(24)12-4-6-13(21)7-5-12/h4-10,23H,1-3H3,(H,25,26). The maximum absolute atomic E-state index is 13.1. The van der Waals surface area contributed by atoms with Crippen molar-refractivity contribution in [2.45, 2.75) is 26.2 Å². The van der Waals surface area contributed by atoms with Crippen LogP contribution in [0, 0.1) is 6.92 Å². The summed E-state index contributed by atoms with van der Waals surface area (Å²) in [5.41, 5.74) is 0.768. The monoisotopic (exact) mass is 371 g/mol. The van der Waals surface area contributed by atoms with Crippen LogP contribution in [0.1, 0.15) is 35.5 Å². The summed E-state index contributed by atoms with van der Waals surface area (Å²) in [7, 11) is 0. The van der Waals surface area contributed by atoms with Gasteiger partial charge in [-0.25, -0.2) is 0 Å². The van der Waals surface area contributed by atoms with Crippen LogP contribution in [-0.4, -0.2) is 26.7 Å². The number of aromatic hydroxyl groups is 1. The lowest BCUT2D eigenvalue weighted by atomic mass is 9.83. The fourth-order valence-corrected chi connectivity index (χ4v) is 3.41. The number of hydrogen-bond acceptors (Lipinski definition) is 3. The Morgan fingerprint density at radius 2 is 1.69 bits per heavy atom. The first-order valence-corrected chi connectivity index (χ1v) is 8.40. The number of carbonyl (C=O) groups excluding carboxylic acids is 1. The highest BCUT2D eigenvalue weighted by atomic mass is 35.5. The molecule has 6 heteroatoms. The normalized spacial score (nSPS) is 11.7. The SMILES string of the molecule is Cc1c(C(C)(C)C(=O)O)c2cc(O)ccc2n1C(=O)c1ccc(Cl)cc1. The Hall–Kier alpha value is -2.79. The van der Waals surface area contributed by atoms with Crippen molar-refractivity contribution in [2.75, 3.05) is 0 Å². The highest BCUT2D eigenvalue weighted by molar-refractivity contribution is 6.30. The van der Waals surface area contributed by atoms with E-state index in [1.165, 1.54) is 16.7 Å². The number of carboxylic acids is 1. The third-order valence-electron chi connectivity index (χ3n) is 4.64. The molecule has 0 aliphatic rings. The van der Waals surface area contributed by atoms with Crippen LogP contribution in [0.25, 0.3) is 10.9 Å². The number of fused-ring (bicyclic) bond motifs is 1. The Bertz CT molecular complexity index is 1030. The first-order chi connectivity index (χ1) is 12.1. The topological polar surface area (TPSA) is 79.5 Å². The summed E-state index contributed by atoms with van der Waals surface area (Å²) >= 11 is 5.89. The molecule has 0 unspecified atom stereocenters. The minimum absolute atomic E-state index is 0.0102. The lowest BCUT2D eigenvalue weighted by Gasteiger charge is -2.20. The summed E-state index contributed by atoms with van der Waals surface area (Å²) in [5, 5.41) is 20.6. The first-order valence-electron chi connectivity index (χ1n) is 8.02. The third kappa shape index (κ3) is 2.74. The first kappa shape index (κ1) is 18.0. The Balaban J connectivity index is 2.33. The lowest BCUT2D eigenvalue weighted by molar-refractivity contribution is -0.142. The molecule has 0 saturated carbocycles. The van der Waals surface area contributed by atoms with E-state index >= 15 is 0 Å². The molecule has 0 amide bonds. The van der Waals surface area contributed by atoms with Gasteiger partial charge in [-0.1, -0.05) is 11.6 Å². The number of nitrogens with zero attached hydrogens (tertiary/aromatic N) is 1. The van der Waals surface area contributed by atoms with Gasteiger partial charge in [-0.15, -0.1) is 0 Å². The van der Waals surface area contributed by atoms with Crippen molar-refractivity contribution in [1.29, 1.82) is 0 Å². The number of carboxylic acid groups (broad SMARTS) is 1. The molecule has 0 radical (unpaired) electrons. The van der Waals surface area contributed by atoms with Gasteiger partial charge in [-0.2, -0.15) is 0 Å². The molecule has 2 aromatic carbocycles. The Labute approximate surface area is 155 Å². The van der Waals surface area contributed by atoms with Crippen LogP contribution >= 0.6 is 11.6 Å². The molecular weight excluding hydrogens is 354 g/mol. The number of aliphatic carboxylic acids is 1. The van der Waals surface area contributed by atoms with Crippen LogP contribution in [-0.2, 0) is 10.2 Å². The number of halogens is 1. The maximum Gasteiger partial charge on any atom is 0.313 e. The number of phenols is 1. The lowest BCUT2D eigenvalue weighted by Crippen LogP contribution is -2.29. The van der Waals surface area contributed by atoms with Crippen molar-refractivity contribution in [1.82, 2.24) is 4.57 Å². The van der Waals surface area contributed by atoms with Gasteiger partial charge in [0.05, 0.1) is 10.9 Å². The summed E-state index contributed by atoms with van der Waals surface area (Å²) in [6.07, 6.45) is 0. The van der Waals surface area contributed by atoms with Gasteiger partial charge < -0.3 is 10.2 Å². The molecule has 2 N–H and O–H groups in total. The van der Waals surface area contributed by atoms with E-state index in [2.05, 4.69) is 0 Å². The molecule has 3 rings (SSSR count). The van der Waals surface area contributed by atoms with Gasteiger partial charge >= 0.3 is 5.97 Å². The van der Waals surface area contributed by atoms with Crippen LogP contribution in [0.4, 0.5) is 0 Å². The smallest absolute Gasteiger partial charge is 0.313 e. The van der Waals surface area contributed by atoms with Crippen molar-refractivity contribution >= 4 is 34.4 Å². The summed E-state index contributed by atoms with van der Waals surface area (Å²) in [6, 6.07) is 11.1. The fraction of sp³-hybridized carbons (Fsp3) is 0.200. The predicted octanol–water partition coefficient (Wildman–Crippen LogP) is 4.36. The molecule has 0 bridgehead atoms. The molecular formula is C20H18ClNO4. The second-order valence-corrected chi connectivity index (χ2v) is 7.18. The van der Waals surface area contributed by atoms with Crippen molar-refractivity contribution in [2.24, 2.45) is 0 Å². The molecule has 1 aromatic heterocycles. The van der Waals surface area contributed by atoms with Crippen LogP contribution < -0.4 is 0 Å². The van der Waals surface area contributed by atoms with E-state index in [9.17, 15) is 19.8 Å². The minimum atomic E-state index is -1.23. The van der Waals surface area contributed by atoms with Crippen molar-refractivity contribution in [3.63, 3.8) is 0 Å². The zero-order valence-electron chi connectivity index (χ0n) is 14.6. The number of aromatic nitrogens is 1. The number of benzene rings is 2. The molecule has 0 atom stereocenters. The summed E-state index contributed by atoms with van der Waals surface area (Å²) in [6.45, 7) is 4.88. The summed E-state index contributed by atoms with van der Waals surface area (Å²) in [4.78, 5) is 24.9. The second kappa shape index (κ2) is 6.18. The van der Waals surface area contributed by atoms with Gasteiger partial charge in [0.15, 0.2) is 0 Å². The molecule has 0 aliphatic carbocycles. The molecule has 0 aliphatic heterocycles. The molecule has 134 valence electrons. The summed E-state index contributed by atoms with van der Waals surface area (Å²) in [5.74, 6) is -1.29. The van der Waals surface area contributed by atoms with Crippen LogP contribution in [0.2, 0.25) is 5.02 Å². The molecule has 5 nitrogen and oxygen atoms in total. The highest BCUT2D eigenvalue weighted by Gasteiger charge is 2.36. The van der Waals surface area contributed by atoms with E-state index in [1.54, 1.807) is 51.1 Å². The average molecular weight is 372 g/mol. The van der Waals surface area contributed by atoms with Crippen LogP contribution in [0.15, 0.2) is 42.5 Å². The molecule has 0 fully saturated rings. The molecule has 3 aromatic rings. The number of hydrogen-bond donors (Lipinski definition) is 2. The van der Waals surface area contributed by atoms with E-state index in [1.807, 2.05) is 0 Å². The molecule has 1 heterocycles. The van der Waals surface area contributed by atoms with Gasteiger partial charge in [-0.05, 0) is 68.8 Å². The van der Waals surface area contributed by atoms with Gasteiger partial charge in [-0.3, -0.25) is 14.2 Å². The predicted molar refractivity (Wildman–Crippen MR) is 100 cm³/mol. The zero-order valence-corrected chi connectivity index (χ0v) is 15.3. The van der Waals surface area contributed by atoms with Crippen LogP contribution in [0.5, 0.6) is 5.75 Å². The average Bonchev–Trinajstić information content (AvgIpc) is 2.86. The van der Waals surface area contributed by atoms with E-state index in [4.69, 9.17) is 11.6 Å². The van der Waals surface area contributed by atoms with Crippen molar-refractivity contribution < 1.29 is 19.8 Å². The Morgan fingerprint density at radius 3 is 2.27 bits per heavy atom. The van der Waals surface area contributed by atoms with Gasteiger partial charge in [0.2, 0.25) is 0 Å². The molecule has 0 saturated heterocycles. The van der Waals surface area contributed by atoms with Gasteiger partial charge in [0.1, 0.15) is 5.75 Å². The van der Waals surface area contributed by atoms with E-state index in [0.717, 1.165) is 0 Å². The Morgan fingerprint density at radius 1 is 1.08 bits per heavy atom. The van der Waals surface area contributed by atoms with E-state index < -0.39 is 11.4 Å². The third-order valence-corrected chi connectivity index (χ3v) is 4.89. The zero-order chi connectivity index (χ0) is 19.2. The Kier molecular flexibility index (Phi) is 4.28. The quantitative estimate of drug-likeness (QED) is 0.716. The minimum Gasteiger partial charge on any atom is -0.508 e. The van der Waals surface area contributed by atoms with Crippen molar-refractivity contribution in [3.8, 4) is 5.75 Å². The van der Waals surface area contributed by atoms with Crippen LogP contribution in [0.3, 0.4) is 0 Å². The number of phenolic OH excluding ortho intramolecular Hbond substituents is 1. The molecule has 0 spiro atoms. The highest BCUT2D eigenvalue weighted by Crippen LogP contribution is 2.37. The maximum atomic E-state index is 13.1. The van der Waals surface area contributed by atoms with Gasteiger partial charge in [0.25, 0.3) is 5.91 Å². The summed E-state index contributed by atoms with van der Waals surface area (Å²) < 4.78 is 1.48. The second-order valence-electron chi connectivity index (χ2n) is 6.74. The van der Waals surface area contributed by atoms with E-state index in [-0.39, 0.29) is 11.7 Å². The van der Waals surface area contributed by atoms with Gasteiger partial charge in [0, 0.05) is 21.7 Å².